The minimum Gasteiger partial charge on any atom is -0.790 e. The summed E-state index contributed by atoms with van der Waals surface area (Å²) in [5, 5.41) is 30.5. The van der Waals surface area contributed by atoms with Gasteiger partial charge in [0.1, 0.15) is 11.9 Å². The van der Waals surface area contributed by atoms with Crippen LogP contribution in [0.1, 0.15) is 0 Å². The lowest BCUT2D eigenvalue weighted by Gasteiger charge is -2.30. The molecule has 0 bridgehead atoms. The topological polar surface area (TPSA) is 145 Å². The van der Waals surface area contributed by atoms with E-state index in [-0.39, 0.29) is 11.4 Å². The van der Waals surface area contributed by atoms with Gasteiger partial charge in [0.05, 0.1) is 20.1 Å². The van der Waals surface area contributed by atoms with E-state index in [1.165, 1.54) is 12.1 Å². The molecule has 0 spiro atoms. The summed E-state index contributed by atoms with van der Waals surface area (Å²) in [7, 11) is -5.20. The molecule has 2 atom stereocenters. The number of aromatic hydroxyl groups is 1. The number of hydrogen-bond donors (Lipinski definition) is 4. The van der Waals surface area contributed by atoms with Crippen LogP contribution in [0.15, 0.2) is 24.3 Å². The van der Waals surface area contributed by atoms with Crippen LogP contribution in [-0.4, -0.2) is 34.3 Å². The Kier molecular flexibility index (Phi) is 5.09. The van der Waals surface area contributed by atoms with Gasteiger partial charge in [-0.15, -0.1) is 0 Å². The molecule has 0 amide bonds. The first-order valence-electron chi connectivity index (χ1n) is 4.87. The van der Waals surface area contributed by atoms with Crippen molar-refractivity contribution in [2.24, 2.45) is 0 Å². The zero-order valence-electron chi connectivity index (χ0n) is 9.09. The van der Waals surface area contributed by atoms with Gasteiger partial charge in [0.25, 0.3) is 0 Å². The highest BCUT2D eigenvalue weighted by Gasteiger charge is 2.17. The Labute approximate surface area is 103 Å². The third kappa shape index (κ3) is 5.01. The molecular formula is C9H12NO7P-2. The van der Waals surface area contributed by atoms with Crippen LogP contribution in [0.5, 0.6) is 5.75 Å². The molecule has 4 N–H and O–H groups in total. The third-order valence-corrected chi connectivity index (χ3v) is 2.44. The van der Waals surface area contributed by atoms with Gasteiger partial charge >= 0.3 is 0 Å². The number of nitrogens with one attached hydrogen (secondary N) is 1. The van der Waals surface area contributed by atoms with E-state index in [1.807, 2.05) is 0 Å². The summed E-state index contributed by atoms with van der Waals surface area (Å²) in [6.07, 6.45) is -3.26. The molecule has 0 saturated heterocycles. The molecule has 1 aromatic rings. The van der Waals surface area contributed by atoms with Crippen molar-refractivity contribution in [2.45, 2.75) is 12.3 Å². The highest BCUT2D eigenvalue weighted by molar-refractivity contribution is 7.43. The van der Waals surface area contributed by atoms with Crippen molar-refractivity contribution in [2.75, 3.05) is 11.9 Å². The maximum atomic E-state index is 10.2. The highest BCUT2D eigenvalue weighted by atomic mass is 31.2. The monoisotopic (exact) mass is 277 g/mol. The van der Waals surface area contributed by atoms with Crippen LogP contribution in [0.3, 0.4) is 0 Å². The number of phosphoric ester groups is 1. The normalized spacial score (nSPS) is 15.1. The predicted molar refractivity (Wildman–Crippen MR) is 57.3 cm³/mol. The molecule has 9 heteroatoms. The van der Waals surface area contributed by atoms with Crippen molar-refractivity contribution in [3.63, 3.8) is 0 Å². The van der Waals surface area contributed by atoms with Gasteiger partial charge in [-0.05, 0) is 12.1 Å². The smallest absolute Gasteiger partial charge is 0.153 e. The molecule has 0 aliphatic heterocycles. The van der Waals surface area contributed by atoms with E-state index < -0.39 is 26.8 Å². The maximum Gasteiger partial charge on any atom is 0.153 e. The molecule has 1 aromatic carbocycles. The van der Waals surface area contributed by atoms with Crippen molar-refractivity contribution in [1.29, 1.82) is 0 Å². The van der Waals surface area contributed by atoms with Crippen LogP contribution in [0.25, 0.3) is 0 Å². The SMILES string of the molecule is O=P([O-])([O-])OC[C@@H](O)[C@@H](O)Nc1ccccc1O. The van der Waals surface area contributed by atoms with Crippen LogP contribution in [-0.2, 0) is 9.09 Å². The lowest BCUT2D eigenvalue weighted by atomic mass is 10.2. The number of para-hydroxylation sites is 2. The number of aliphatic hydroxyl groups is 2. The van der Waals surface area contributed by atoms with Crippen molar-refractivity contribution in [3.05, 3.63) is 24.3 Å². The number of benzene rings is 1. The van der Waals surface area contributed by atoms with E-state index >= 15 is 0 Å². The molecule has 0 aromatic heterocycles. The van der Waals surface area contributed by atoms with Crippen LogP contribution >= 0.6 is 7.82 Å². The van der Waals surface area contributed by atoms with Gasteiger partial charge in [0, 0.05) is 0 Å². The molecular weight excluding hydrogens is 265 g/mol. The number of aliphatic hydroxyl groups excluding tert-OH is 2. The van der Waals surface area contributed by atoms with E-state index in [1.54, 1.807) is 12.1 Å². The average molecular weight is 277 g/mol. The van der Waals surface area contributed by atoms with Crippen LogP contribution < -0.4 is 15.1 Å². The van der Waals surface area contributed by atoms with E-state index in [9.17, 15) is 29.7 Å². The third-order valence-electron chi connectivity index (χ3n) is 1.98. The summed E-state index contributed by atoms with van der Waals surface area (Å²) in [5.74, 6) is -0.164. The fourth-order valence-corrected chi connectivity index (χ4v) is 1.45. The van der Waals surface area contributed by atoms with Gasteiger partial charge < -0.3 is 39.5 Å². The zero-order valence-corrected chi connectivity index (χ0v) is 9.99. The zero-order chi connectivity index (χ0) is 13.8. The maximum absolute atomic E-state index is 10.2. The number of phenols is 1. The van der Waals surface area contributed by atoms with Crippen LogP contribution in [0, 0.1) is 0 Å². The van der Waals surface area contributed by atoms with Crippen molar-refractivity contribution in [1.82, 2.24) is 0 Å². The number of phosphoric acid groups is 1. The summed E-state index contributed by atoms with van der Waals surface area (Å²) < 4.78 is 14.0. The summed E-state index contributed by atoms with van der Waals surface area (Å²) in [5.41, 5.74) is 0.136. The van der Waals surface area contributed by atoms with E-state index in [0.717, 1.165) is 0 Å². The van der Waals surface area contributed by atoms with Gasteiger partial charge in [0.15, 0.2) is 6.23 Å². The molecule has 1 rings (SSSR count). The Hall–Kier alpha value is -1.15. The van der Waals surface area contributed by atoms with E-state index in [4.69, 9.17) is 0 Å². The van der Waals surface area contributed by atoms with Gasteiger partial charge in [-0.1, -0.05) is 12.1 Å². The molecule has 0 unspecified atom stereocenters. The van der Waals surface area contributed by atoms with Gasteiger partial charge in [-0.2, -0.15) is 0 Å². The average Bonchev–Trinajstić information content (AvgIpc) is 2.28. The summed E-state index contributed by atoms with van der Waals surface area (Å²) in [6, 6.07) is 5.90. The molecule has 0 heterocycles. The van der Waals surface area contributed by atoms with Gasteiger partial charge in [0.2, 0.25) is 0 Å². The second-order valence-corrected chi connectivity index (χ2v) is 4.57. The summed E-state index contributed by atoms with van der Waals surface area (Å²) in [6.45, 7) is -0.883. The Balaban J connectivity index is 2.52. The first-order valence-corrected chi connectivity index (χ1v) is 6.33. The molecule has 0 aliphatic rings. The van der Waals surface area contributed by atoms with Crippen molar-refractivity contribution < 1.29 is 34.2 Å². The fraction of sp³-hybridized carbons (Fsp3) is 0.333. The minimum absolute atomic E-state index is 0.136. The molecule has 0 radical (unpaired) electrons. The van der Waals surface area contributed by atoms with E-state index in [2.05, 4.69) is 9.84 Å². The summed E-state index contributed by atoms with van der Waals surface area (Å²) in [4.78, 5) is 20.3. The first-order chi connectivity index (χ1) is 8.29. The van der Waals surface area contributed by atoms with Gasteiger partial charge in [-0.25, -0.2) is 0 Å². The Bertz CT molecular complexity index is 435. The molecule has 0 aliphatic carbocycles. The number of phenolic OH excluding ortho intramolecular Hbond substituents is 1. The summed E-state index contributed by atoms with van der Waals surface area (Å²) >= 11 is 0. The quantitative estimate of drug-likeness (QED) is 0.274. The second kappa shape index (κ2) is 6.14. The number of anilines is 1. The van der Waals surface area contributed by atoms with Crippen LogP contribution in [0.2, 0.25) is 0 Å². The van der Waals surface area contributed by atoms with Crippen molar-refractivity contribution in [3.8, 4) is 5.75 Å². The van der Waals surface area contributed by atoms with Crippen molar-refractivity contribution >= 4 is 13.5 Å². The molecule has 8 nitrogen and oxygen atoms in total. The first kappa shape index (κ1) is 14.9. The second-order valence-electron chi connectivity index (χ2n) is 3.42. The highest BCUT2D eigenvalue weighted by Crippen LogP contribution is 2.26. The molecule has 102 valence electrons. The Morgan fingerprint density at radius 2 is 1.94 bits per heavy atom. The van der Waals surface area contributed by atoms with Crippen LogP contribution in [0.4, 0.5) is 5.69 Å². The fourth-order valence-electron chi connectivity index (χ4n) is 1.11. The Morgan fingerprint density at radius 3 is 2.50 bits per heavy atom. The van der Waals surface area contributed by atoms with E-state index in [0.29, 0.717) is 0 Å². The molecule has 0 saturated carbocycles. The minimum atomic E-state index is -5.20. The van der Waals surface area contributed by atoms with Gasteiger partial charge in [-0.3, -0.25) is 0 Å². The number of hydrogen-bond acceptors (Lipinski definition) is 8. The standard InChI is InChI=1S/C9H14NO7P/c11-7-4-2-1-3-6(7)10-9(13)8(12)5-17-18(14,15)16/h1-4,8-13H,5H2,(H2,14,15,16)/p-2/t8-,9-/m1/s1. The largest absolute Gasteiger partial charge is 0.790 e. The number of rotatable bonds is 6. The Morgan fingerprint density at radius 1 is 1.33 bits per heavy atom. The molecule has 0 fully saturated rings. The lowest BCUT2D eigenvalue weighted by molar-refractivity contribution is -0.343. The molecule has 18 heavy (non-hydrogen) atoms. The predicted octanol–water partition coefficient (Wildman–Crippen LogP) is -1.67. The lowest BCUT2D eigenvalue weighted by Crippen LogP contribution is -2.37.